The first-order chi connectivity index (χ1) is 8.56. The molecule has 1 aromatic carbocycles. The zero-order valence-corrected chi connectivity index (χ0v) is 12.8. The van der Waals surface area contributed by atoms with Gasteiger partial charge in [-0.2, -0.15) is 0 Å². The largest absolute Gasteiger partial charge is 0.398 e. The minimum atomic E-state index is 0.706. The lowest BCUT2D eigenvalue weighted by Crippen LogP contribution is -2.41. The lowest BCUT2D eigenvalue weighted by atomic mass is 10.0. The molecule has 1 saturated heterocycles. The number of nitrogens with zero attached hydrogens (tertiary/aromatic N) is 2. The molecule has 0 spiro atoms. The van der Waals surface area contributed by atoms with Gasteiger partial charge in [-0.15, -0.1) is 0 Å². The van der Waals surface area contributed by atoms with Gasteiger partial charge in [-0.05, 0) is 73.7 Å². The Morgan fingerprint density at radius 1 is 1.39 bits per heavy atom. The number of piperidine rings is 1. The van der Waals surface area contributed by atoms with Crippen molar-refractivity contribution in [3.05, 3.63) is 28.2 Å². The Labute approximate surface area is 118 Å². The van der Waals surface area contributed by atoms with Crippen LogP contribution in [0.15, 0.2) is 22.7 Å². The van der Waals surface area contributed by atoms with E-state index in [9.17, 15) is 0 Å². The third kappa shape index (κ3) is 3.46. The van der Waals surface area contributed by atoms with Crippen LogP contribution in [0.3, 0.4) is 0 Å². The first-order valence-corrected chi connectivity index (χ1v) is 7.28. The van der Waals surface area contributed by atoms with Gasteiger partial charge in [0.15, 0.2) is 0 Å². The highest BCUT2D eigenvalue weighted by atomic mass is 79.9. The van der Waals surface area contributed by atoms with Crippen molar-refractivity contribution in [1.29, 1.82) is 0 Å². The maximum absolute atomic E-state index is 5.81. The molecule has 1 aliphatic heterocycles. The highest BCUT2D eigenvalue weighted by Gasteiger charge is 2.20. The molecule has 0 radical (unpaired) electrons. The molecular weight excluding hydrogens is 290 g/mol. The molecule has 0 saturated carbocycles. The third-order valence-corrected chi connectivity index (χ3v) is 4.50. The molecule has 1 aromatic rings. The Balaban J connectivity index is 1.94. The zero-order chi connectivity index (χ0) is 13.1. The van der Waals surface area contributed by atoms with Crippen molar-refractivity contribution < 1.29 is 0 Å². The van der Waals surface area contributed by atoms with Gasteiger partial charge in [0, 0.05) is 22.7 Å². The van der Waals surface area contributed by atoms with Crippen LogP contribution in [0.5, 0.6) is 0 Å². The number of rotatable bonds is 3. The quantitative estimate of drug-likeness (QED) is 0.871. The van der Waals surface area contributed by atoms with Gasteiger partial charge in [0.1, 0.15) is 0 Å². The molecular formula is C14H22BrN3. The van der Waals surface area contributed by atoms with Crippen LogP contribution < -0.4 is 5.73 Å². The third-order valence-electron chi connectivity index (χ3n) is 3.81. The molecule has 100 valence electrons. The number of nitrogens with two attached hydrogens (primary N) is 1. The number of nitrogen functional groups attached to an aromatic ring is 1. The lowest BCUT2D eigenvalue weighted by Gasteiger charge is -2.35. The minimum Gasteiger partial charge on any atom is -0.398 e. The Hall–Kier alpha value is -0.580. The Morgan fingerprint density at radius 3 is 2.67 bits per heavy atom. The fourth-order valence-corrected chi connectivity index (χ4v) is 2.95. The second kappa shape index (κ2) is 6.04. The molecule has 4 heteroatoms. The summed E-state index contributed by atoms with van der Waals surface area (Å²) in [4.78, 5) is 4.87. The van der Waals surface area contributed by atoms with Crippen LogP contribution in [0.2, 0.25) is 0 Å². The van der Waals surface area contributed by atoms with E-state index in [4.69, 9.17) is 5.73 Å². The van der Waals surface area contributed by atoms with Crippen molar-refractivity contribution in [2.45, 2.75) is 25.4 Å². The topological polar surface area (TPSA) is 32.5 Å². The number of hydrogen-bond donors (Lipinski definition) is 1. The van der Waals surface area contributed by atoms with E-state index in [0.29, 0.717) is 6.04 Å². The Kier molecular flexibility index (Phi) is 4.65. The van der Waals surface area contributed by atoms with E-state index in [0.717, 1.165) is 16.7 Å². The van der Waals surface area contributed by atoms with Crippen LogP contribution in [0.25, 0.3) is 0 Å². The van der Waals surface area contributed by atoms with Gasteiger partial charge in [0.25, 0.3) is 0 Å². The maximum Gasteiger partial charge on any atom is 0.0458 e. The summed E-state index contributed by atoms with van der Waals surface area (Å²) in [6, 6.07) is 6.92. The summed E-state index contributed by atoms with van der Waals surface area (Å²) >= 11 is 3.49. The molecule has 0 aliphatic carbocycles. The first kappa shape index (κ1) is 13.8. The molecule has 0 atom stereocenters. The Morgan fingerprint density at radius 2 is 2.06 bits per heavy atom. The van der Waals surface area contributed by atoms with Crippen LogP contribution in [-0.2, 0) is 6.54 Å². The van der Waals surface area contributed by atoms with Crippen molar-refractivity contribution in [3.8, 4) is 0 Å². The molecule has 1 heterocycles. The van der Waals surface area contributed by atoms with E-state index >= 15 is 0 Å². The number of benzene rings is 1. The second-order valence-corrected chi connectivity index (χ2v) is 6.16. The summed E-state index contributed by atoms with van der Waals surface area (Å²) in [5, 5.41) is 0. The van der Waals surface area contributed by atoms with Crippen LogP contribution in [-0.4, -0.2) is 43.0 Å². The lowest BCUT2D eigenvalue weighted by molar-refractivity contribution is 0.139. The summed E-state index contributed by atoms with van der Waals surface area (Å²) in [6.45, 7) is 3.41. The average molecular weight is 312 g/mol. The predicted octanol–water partition coefficient (Wildman–Crippen LogP) is 2.56. The molecule has 18 heavy (non-hydrogen) atoms. The molecule has 2 rings (SSSR count). The van der Waals surface area contributed by atoms with E-state index < -0.39 is 0 Å². The van der Waals surface area contributed by atoms with Crippen molar-refractivity contribution >= 4 is 21.6 Å². The number of halogens is 1. The maximum atomic E-state index is 5.81. The fourth-order valence-electron chi connectivity index (χ4n) is 2.52. The summed E-state index contributed by atoms with van der Waals surface area (Å²) in [5.41, 5.74) is 7.93. The monoisotopic (exact) mass is 311 g/mol. The number of anilines is 1. The number of hydrogen-bond acceptors (Lipinski definition) is 3. The van der Waals surface area contributed by atoms with E-state index in [1.165, 1.54) is 31.5 Å². The van der Waals surface area contributed by atoms with Gasteiger partial charge in [-0.1, -0.05) is 6.07 Å². The second-order valence-electron chi connectivity index (χ2n) is 5.31. The van der Waals surface area contributed by atoms with Gasteiger partial charge < -0.3 is 10.6 Å². The number of likely N-dealkylation sites (tertiary alicyclic amines) is 1. The average Bonchev–Trinajstić information content (AvgIpc) is 2.34. The van der Waals surface area contributed by atoms with Crippen molar-refractivity contribution in [2.24, 2.45) is 0 Å². The molecule has 0 unspecified atom stereocenters. The summed E-state index contributed by atoms with van der Waals surface area (Å²) in [6.07, 6.45) is 2.53. The summed E-state index contributed by atoms with van der Waals surface area (Å²) < 4.78 is 0.997. The first-order valence-electron chi connectivity index (χ1n) is 6.49. The highest BCUT2D eigenvalue weighted by Crippen LogP contribution is 2.22. The van der Waals surface area contributed by atoms with Gasteiger partial charge in [-0.3, -0.25) is 4.90 Å². The van der Waals surface area contributed by atoms with Crippen LogP contribution in [0.4, 0.5) is 5.69 Å². The van der Waals surface area contributed by atoms with E-state index in [1.54, 1.807) is 0 Å². The van der Waals surface area contributed by atoms with Crippen molar-refractivity contribution in [2.75, 3.05) is 32.9 Å². The van der Waals surface area contributed by atoms with Crippen LogP contribution in [0, 0.1) is 0 Å². The molecule has 0 amide bonds. The Bertz CT molecular complexity index is 400. The molecule has 1 aliphatic rings. The molecule has 0 aromatic heterocycles. The molecule has 1 fully saturated rings. The molecule has 0 bridgehead atoms. The van der Waals surface area contributed by atoms with Crippen molar-refractivity contribution in [1.82, 2.24) is 9.80 Å². The smallest absolute Gasteiger partial charge is 0.0458 e. The fraction of sp³-hybridized carbons (Fsp3) is 0.571. The van der Waals surface area contributed by atoms with Crippen LogP contribution >= 0.6 is 15.9 Å². The molecule has 2 N–H and O–H groups in total. The SMILES string of the molecule is CN1CCC(N(C)Cc2ccc(N)c(Br)c2)CC1. The van der Waals surface area contributed by atoms with Crippen LogP contribution in [0.1, 0.15) is 18.4 Å². The van der Waals surface area contributed by atoms with Gasteiger partial charge in [0.2, 0.25) is 0 Å². The van der Waals surface area contributed by atoms with E-state index in [-0.39, 0.29) is 0 Å². The zero-order valence-electron chi connectivity index (χ0n) is 11.2. The van der Waals surface area contributed by atoms with Gasteiger partial charge >= 0.3 is 0 Å². The molecule has 3 nitrogen and oxygen atoms in total. The summed E-state index contributed by atoms with van der Waals surface area (Å²) in [7, 11) is 4.42. The van der Waals surface area contributed by atoms with Gasteiger partial charge in [-0.25, -0.2) is 0 Å². The highest BCUT2D eigenvalue weighted by molar-refractivity contribution is 9.10. The minimum absolute atomic E-state index is 0.706. The van der Waals surface area contributed by atoms with Gasteiger partial charge in [0.05, 0.1) is 0 Å². The van der Waals surface area contributed by atoms with E-state index in [2.05, 4.69) is 52.0 Å². The standard InChI is InChI=1S/C14H22BrN3/c1-17-7-5-12(6-8-17)18(2)10-11-3-4-14(16)13(15)9-11/h3-4,9,12H,5-8,10,16H2,1-2H3. The van der Waals surface area contributed by atoms with Crippen molar-refractivity contribution in [3.63, 3.8) is 0 Å². The summed E-state index contributed by atoms with van der Waals surface area (Å²) in [5.74, 6) is 0. The van der Waals surface area contributed by atoms with E-state index in [1.807, 2.05) is 6.07 Å². The normalized spacial score (nSPS) is 18.4. The predicted molar refractivity (Wildman–Crippen MR) is 80.5 cm³/mol.